The quantitative estimate of drug-likeness (QED) is 0.366. The van der Waals surface area contributed by atoms with Crippen LogP contribution >= 0.6 is 11.8 Å². The molecule has 0 atom stereocenters. The van der Waals surface area contributed by atoms with Crippen LogP contribution in [0.1, 0.15) is 29.2 Å². The summed E-state index contributed by atoms with van der Waals surface area (Å²) in [7, 11) is 0. The van der Waals surface area contributed by atoms with E-state index in [9.17, 15) is 9.90 Å². The van der Waals surface area contributed by atoms with Crippen molar-refractivity contribution in [3.63, 3.8) is 0 Å². The number of aromatic hydroxyl groups is 1. The summed E-state index contributed by atoms with van der Waals surface area (Å²) in [6, 6.07) is 10.9. The molecule has 0 unspecified atom stereocenters. The monoisotopic (exact) mass is 408 g/mol. The summed E-state index contributed by atoms with van der Waals surface area (Å²) in [5.41, 5.74) is 4.64. The van der Waals surface area contributed by atoms with Gasteiger partial charge in [-0.3, -0.25) is 0 Å². The highest BCUT2D eigenvalue weighted by molar-refractivity contribution is 7.98. The number of aryl methyl sites for hydroxylation is 3. The third-order valence-electron chi connectivity index (χ3n) is 4.64. The van der Waals surface area contributed by atoms with E-state index in [2.05, 4.69) is 16.3 Å². The van der Waals surface area contributed by atoms with Crippen LogP contribution < -0.4 is 5.63 Å². The molecule has 0 amide bonds. The Morgan fingerprint density at radius 2 is 1.72 bits per heavy atom. The molecular formula is C22H20N2O4S. The van der Waals surface area contributed by atoms with E-state index >= 15 is 0 Å². The van der Waals surface area contributed by atoms with Crippen LogP contribution in [0.3, 0.4) is 0 Å². The van der Waals surface area contributed by atoms with Crippen molar-refractivity contribution >= 4 is 22.7 Å². The highest BCUT2D eigenvalue weighted by Gasteiger charge is 2.14. The molecule has 6 nitrogen and oxygen atoms in total. The Kier molecular flexibility index (Phi) is 5.15. The molecule has 29 heavy (non-hydrogen) atoms. The van der Waals surface area contributed by atoms with E-state index < -0.39 is 5.63 Å². The van der Waals surface area contributed by atoms with Gasteiger partial charge in [-0.1, -0.05) is 35.9 Å². The zero-order valence-electron chi connectivity index (χ0n) is 16.4. The van der Waals surface area contributed by atoms with Crippen molar-refractivity contribution in [1.29, 1.82) is 0 Å². The number of phenols is 1. The molecule has 2 aromatic heterocycles. The first-order valence-electron chi connectivity index (χ1n) is 9.26. The Labute approximate surface area is 171 Å². The van der Waals surface area contributed by atoms with Gasteiger partial charge >= 0.3 is 5.63 Å². The molecule has 148 valence electrons. The normalized spacial score (nSPS) is 11.3. The van der Waals surface area contributed by atoms with Crippen molar-refractivity contribution in [1.82, 2.24) is 10.2 Å². The van der Waals surface area contributed by atoms with Gasteiger partial charge in [0, 0.05) is 28.8 Å². The second-order valence-electron chi connectivity index (χ2n) is 6.96. The number of benzene rings is 2. The van der Waals surface area contributed by atoms with Gasteiger partial charge in [-0.2, -0.15) is 0 Å². The van der Waals surface area contributed by atoms with Gasteiger partial charge in [0.15, 0.2) is 0 Å². The molecule has 0 radical (unpaired) electrons. The number of nitrogens with zero attached hydrogens (tertiary/aromatic N) is 2. The number of thioether (sulfide) groups is 1. The standard InChI is InChI=1S/C22H20N2O4S/c1-4-14-8-17-16(9-20(26)27-19(17)10-18(14)25)11-29-22-24-23-21(28-22)15-6-12(2)5-13(3)7-15/h5-10,25H,4,11H2,1-3H3. The van der Waals surface area contributed by atoms with Crippen molar-refractivity contribution in [2.24, 2.45) is 0 Å². The third-order valence-corrected chi connectivity index (χ3v) is 5.50. The molecule has 2 aromatic carbocycles. The molecule has 0 saturated carbocycles. The van der Waals surface area contributed by atoms with Gasteiger partial charge in [0.25, 0.3) is 5.22 Å². The maximum atomic E-state index is 11.9. The SMILES string of the molecule is CCc1cc2c(CSc3nnc(-c4cc(C)cc(C)c4)o3)cc(=O)oc2cc1O. The van der Waals surface area contributed by atoms with Crippen molar-refractivity contribution in [2.45, 2.75) is 38.2 Å². The van der Waals surface area contributed by atoms with Crippen molar-refractivity contribution < 1.29 is 13.9 Å². The molecule has 4 rings (SSSR count). The lowest BCUT2D eigenvalue weighted by atomic mass is 10.1. The van der Waals surface area contributed by atoms with Crippen LogP contribution in [0.5, 0.6) is 5.75 Å². The molecule has 0 aliphatic heterocycles. The fourth-order valence-electron chi connectivity index (χ4n) is 3.33. The van der Waals surface area contributed by atoms with E-state index in [0.717, 1.165) is 33.2 Å². The van der Waals surface area contributed by atoms with Gasteiger partial charge < -0.3 is 13.9 Å². The van der Waals surface area contributed by atoms with E-state index in [4.69, 9.17) is 8.83 Å². The Bertz CT molecular complexity index is 1240. The van der Waals surface area contributed by atoms with Crippen LogP contribution in [0, 0.1) is 13.8 Å². The van der Waals surface area contributed by atoms with Gasteiger partial charge in [-0.15, -0.1) is 10.2 Å². The highest BCUT2D eigenvalue weighted by Crippen LogP contribution is 2.31. The highest BCUT2D eigenvalue weighted by atomic mass is 32.2. The number of fused-ring (bicyclic) bond motifs is 1. The van der Waals surface area contributed by atoms with Crippen LogP contribution in [0.2, 0.25) is 0 Å². The predicted octanol–water partition coefficient (Wildman–Crippen LogP) is 5.02. The Morgan fingerprint density at radius 3 is 2.45 bits per heavy atom. The Balaban J connectivity index is 1.62. The van der Waals surface area contributed by atoms with Crippen molar-refractivity contribution in [3.8, 4) is 17.2 Å². The molecule has 1 N–H and O–H groups in total. The first kappa shape index (κ1) is 19.3. The smallest absolute Gasteiger partial charge is 0.336 e. The lowest BCUT2D eigenvalue weighted by Crippen LogP contribution is -2.00. The van der Waals surface area contributed by atoms with E-state index in [1.807, 2.05) is 39.0 Å². The minimum Gasteiger partial charge on any atom is -0.508 e. The minimum absolute atomic E-state index is 0.128. The number of phenolic OH excluding ortho intramolecular Hbond substituents is 1. The van der Waals surface area contributed by atoms with E-state index in [-0.39, 0.29) is 5.75 Å². The zero-order valence-corrected chi connectivity index (χ0v) is 17.2. The van der Waals surface area contributed by atoms with Crippen LogP contribution in [0.4, 0.5) is 0 Å². The number of hydrogen-bond donors (Lipinski definition) is 1. The van der Waals surface area contributed by atoms with Crippen molar-refractivity contribution in [3.05, 3.63) is 69.1 Å². The summed E-state index contributed by atoms with van der Waals surface area (Å²) in [5.74, 6) is 1.06. The Hall–Kier alpha value is -3.06. The Morgan fingerprint density at radius 1 is 0.966 bits per heavy atom. The largest absolute Gasteiger partial charge is 0.508 e. The number of hydrogen-bond acceptors (Lipinski definition) is 7. The van der Waals surface area contributed by atoms with Crippen LogP contribution in [-0.4, -0.2) is 15.3 Å². The first-order chi connectivity index (χ1) is 13.9. The van der Waals surface area contributed by atoms with Gasteiger partial charge in [0.1, 0.15) is 11.3 Å². The zero-order chi connectivity index (χ0) is 20.5. The van der Waals surface area contributed by atoms with Gasteiger partial charge in [-0.05, 0) is 49.6 Å². The van der Waals surface area contributed by atoms with Gasteiger partial charge in [0.05, 0.1) is 0 Å². The first-order valence-corrected chi connectivity index (χ1v) is 10.2. The molecule has 4 aromatic rings. The third kappa shape index (κ3) is 4.05. The fourth-order valence-corrected chi connectivity index (χ4v) is 4.09. The molecular weight excluding hydrogens is 388 g/mol. The van der Waals surface area contributed by atoms with Gasteiger partial charge in [0.2, 0.25) is 5.89 Å². The molecule has 0 aliphatic rings. The summed E-state index contributed by atoms with van der Waals surface area (Å²) in [6.07, 6.45) is 0.677. The number of aromatic nitrogens is 2. The lowest BCUT2D eigenvalue weighted by Gasteiger charge is -2.07. The maximum Gasteiger partial charge on any atom is 0.336 e. The average Bonchev–Trinajstić information content (AvgIpc) is 3.14. The maximum absolute atomic E-state index is 11.9. The minimum atomic E-state index is -0.460. The molecule has 0 spiro atoms. The van der Waals surface area contributed by atoms with E-state index in [0.29, 0.717) is 28.9 Å². The number of rotatable bonds is 5. The molecule has 2 heterocycles. The topological polar surface area (TPSA) is 89.4 Å². The molecule has 0 bridgehead atoms. The van der Waals surface area contributed by atoms with Crippen molar-refractivity contribution in [2.75, 3.05) is 0 Å². The molecule has 0 aliphatic carbocycles. The second-order valence-corrected chi connectivity index (χ2v) is 7.89. The summed E-state index contributed by atoms with van der Waals surface area (Å²) >= 11 is 1.36. The second kappa shape index (κ2) is 7.75. The van der Waals surface area contributed by atoms with Crippen LogP contribution in [0.25, 0.3) is 22.4 Å². The summed E-state index contributed by atoms with van der Waals surface area (Å²) < 4.78 is 11.0. The predicted molar refractivity (Wildman–Crippen MR) is 112 cm³/mol. The molecule has 0 saturated heterocycles. The van der Waals surface area contributed by atoms with Gasteiger partial charge in [-0.25, -0.2) is 4.79 Å². The van der Waals surface area contributed by atoms with Crippen LogP contribution in [0.15, 0.2) is 55.2 Å². The summed E-state index contributed by atoms with van der Waals surface area (Å²) in [5, 5.41) is 19.5. The van der Waals surface area contributed by atoms with E-state index in [1.54, 1.807) is 0 Å². The summed E-state index contributed by atoms with van der Waals surface area (Å²) in [6.45, 7) is 6.01. The average molecular weight is 408 g/mol. The fraction of sp³-hybridized carbons (Fsp3) is 0.227. The lowest BCUT2D eigenvalue weighted by molar-refractivity contribution is 0.465. The summed E-state index contributed by atoms with van der Waals surface area (Å²) in [4.78, 5) is 11.9. The van der Waals surface area contributed by atoms with E-state index in [1.165, 1.54) is 23.9 Å². The van der Waals surface area contributed by atoms with Crippen LogP contribution in [-0.2, 0) is 12.2 Å². The molecule has 7 heteroatoms. The molecule has 0 fully saturated rings.